The van der Waals surface area contributed by atoms with Crippen LogP contribution in [0.25, 0.3) is 0 Å². The molecule has 2 rings (SSSR count). The van der Waals surface area contributed by atoms with Gasteiger partial charge in [-0.1, -0.05) is 35.3 Å². The van der Waals surface area contributed by atoms with Crippen LogP contribution in [0.3, 0.4) is 0 Å². The number of aryl methyl sites for hydroxylation is 1. The molecule has 2 aromatic rings. The molecule has 0 atom stereocenters. The molecule has 0 aliphatic carbocycles. The fraction of sp³-hybridized carbons (Fsp3) is 0.176. The lowest BCUT2D eigenvalue weighted by atomic mass is 10.1. The largest absolute Gasteiger partial charge is 0.355 e. The highest BCUT2D eigenvalue weighted by molar-refractivity contribution is 6.34. The number of carbonyl (C=O) groups excluding carboxylic acids is 2. The van der Waals surface area contributed by atoms with E-state index < -0.39 is 0 Å². The fourth-order valence-corrected chi connectivity index (χ4v) is 2.32. The Balaban J connectivity index is 1.99. The van der Waals surface area contributed by atoms with Crippen molar-refractivity contribution in [1.82, 2.24) is 5.32 Å². The van der Waals surface area contributed by atoms with Gasteiger partial charge in [0.1, 0.15) is 0 Å². The minimum atomic E-state index is -0.238. The summed E-state index contributed by atoms with van der Waals surface area (Å²) in [6.07, 6.45) is 0.901. The van der Waals surface area contributed by atoms with Crippen LogP contribution in [0.5, 0.6) is 0 Å². The standard InChI is InChI=1S/C17H16Cl2N2O2/c1-20-17(23)12-5-8-14(19)15(10-12)21-16(22)9-4-11-2-6-13(18)7-3-11/h2-3,5-8,10H,4,9H2,1H3,(H,20,23)(H,21,22). The van der Waals surface area contributed by atoms with Crippen molar-refractivity contribution in [1.29, 1.82) is 0 Å². The molecule has 4 nitrogen and oxygen atoms in total. The molecule has 2 aromatic carbocycles. The normalized spacial score (nSPS) is 10.2. The van der Waals surface area contributed by atoms with Gasteiger partial charge in [0.15, 0.2) is 0 Å². The van der Waals surface area contributed by atoms with Crippen molar-refractivity contribution in [2.45, 2.75) is 12.8 Å². The number of carbonyl (C=O) groups is 2. The van der Waals surface area contributed by atoms with Gasteiger partial charge in [-0.25, -0.2) is 0 Å². The van der Waals surface area contributed by atoms with Gasteiger partial charge in [-0.05, 0) is 42.3 Å². The third kappa shape index (κ3) is 4.98. The molecule has 0 heterocycles. The summed E-state index contributed by atoms with van der Waals surface area (Å²) in [6.45, 7) is 0. The summed E-state index contributed by atoms with van der Waals surface area (Å²) in [6, 6.07) is 12.1. The van der Waals surface area contributed by atoms with Gasteiger partial charge in [-0.15, -0.1) is 0 Å². The minimum Gasteiger partial charge on any atom is -0.355 e. The summed E-state index contributed by atoms with van der Waals surface area (Å²) in [5.74, 6) is -0.408. The van der Waals surface area contributed by atoms with Gasteiger partial charge in [0.2, 0.25) is 5.91 Å². The van der Waals surface area contributed by atoms with Gasteiger partial charge < -0.3 is 10.6 Å². The molecule has 0 bridgehead atoms. The highest BCUT2D eigenvalue weighted by atomic mass is 35.5. The van der Waals surface area contributed by atoms with Crippen molar-refractivity contribution in [3.8, 4) is 0 Å². The predicted molar refractivity (Wildman–Crippen MR) is 93.2 cm³/mol. The van der Waals surface area contributed by atoms with Crippen LogP contribution in [0.4, 0.5) is 5.69 Å². The smallest absolute Gasteiger partial charge is 0.251 e. The van der Waals surface area contributed by atoms with E-state index >= 15 is 0 Å². The van der Waals surface area contributed by atoms with Gasteiger partial charge in [-0.3, -0.25) is 9.59 Å². The van der Waals surface area contributed by atoms with Crippen molar-refractivity contribution in [2.24, 2.45) is 0 Å². The third-order valence-corrected chi connectivity index (χ3v) is 3.87. The topological polar surface area (TPSA) is 58.2 Å². The van der Waals surface area contributed by atoms with Gasteiger partial charge in [0, 0.05) is 24.1 Å². The monoisotopic (exact) mass is 350 g/mol. The zero-order valence-corrected chi connectivity index (χ0v) is 14.0. The fourth-order valence-electron chi connectivity index (χ4n) is 2.03. The van der Waals surface area contributed by atoms with E-state index in [1.807, 2.05) is 12.1 Å². The molecule has 0 fully saturated rings. The highest BCUT2D eigenvalue weighted by Gasteiger charge is 2.10. The number of nitrogens with one attached hydrogen (secondary N) is 2. The summed E-state index contributed by atoms with van der Waals surface area (Å²) in [4.78, 5) is 23.7. The molecule has 120 valence electrons. The Kier molecular flexibility index (Phi) is 6.02. The first kappa shape index (κ1) is 17.3. The van der Waals surface area contributed by atoms with E-state index in [-0.39, 0.29) is 11.8 Å². The Morgan fingerprint density at radius 2 is 1.74 bits per heavy atom. The van der Waals surface area contributed by atoms with Crippen LogP contribution >= 0.6 is 23.2 Å². The zero-order chi connectivity index (χ0) is 16.8. The number of halogens is 2. The Morgan fingerprint density at radius 3 is 2.39 bits per heavy atom. The molecule has 0 aromatic heterocycles. The van der Waals surface area contributed by atoms with E-state index in [1.54, 1.807) is 37.4 Å². The van der Waals surface area contributed by atoms with E-state index in [2.05, 4.69) is 10.6 Å². The molecule has 2 N–H and O–H groups in total. The van der Waals surface area contributed by atoms with E-state index in [1.165, 1.54) is 0 Å². The number of amides is 2. The molecule has 0 unspecified atom stereocenters. The molecule has 0 saturated carbocycles. The number of anilines is 1. The van der Waals surface area contributed by atoms with E-state index in [9.17, 15) is 9.59 Å². The van der Waals surface area contributed by atoms with E-state index in [4.69, 9.17) is 23.2 Å². The SMILES string of the molecule is CNC(=O)c1ccc(Cl)c(NC(=O)CCc2ccc(Cl)cc2)c1. The van der Waals surface area contributed by atoms with Crippen LogP contribution in [-0.2, 0) is 11.2 Å². The van der Waals surface area contributed by atoms with Crippen LogP contribution in [-0.4, -0.2) is 18.9 Å². The quantitative estimate of drug-likeness (QED) is 0.858. The zero-order valence-electron chi connectivity index (χ0n) is 12.5. The summed E-state index contributed by atoms with van der Waals surface area (Å²) in [5.41, 5.74) is 1.88. The lowest BCUT2D eigenvalue weighted by Crippen LogP contribution is -2.18. The summed E-state index contributed by atoms with van der Waals surface area (Å²) in [7, 11) is 1.54. The molecule has 0 spiro atoms. The maximum atomic E-state index is 12.1. The average Bonchev–Trinajstić information content (AvgIpc) is 2.55. The summed E-state index contributed by atoms with van der Waals surface area (Å²) < 4.78 is 0. The first-order chi connectivity index (χ1) is 11.0. The van der Waals surface area contributed by atoms with Crippen molar-refractivity contribution in [2.75, 3.05) is 12.4 Å². The maximum absolute atomic E-state index is 12.1. The molecule has 2 amide bonds. The Morgan fingerprint density at radius 1 is 1.04 bits per heavy atom. The van der Waals surface area contributed by atoms with Gasteiger partial charge in [-0.2, -0.15) is 0 Å². The Labute approximate surface area is 144 Å². The first-order valence-corrected chi connectivity index (χ1v) is 7.81. The number of hydrogen-bond acceptors (Lipinski definition) is 2. The molecular weight excluding hydrogens is 335 g/mol. The lowest BCUT2D eigenvalue weighted by Gasteiger charge is -2.09. The second-order valence-corrected chi connectivity index (χ2v) is 5.79. The molecule has 0 aliphatic heterocycles. The van der Waals surface area contributed by atoms with E-state index in [0.29, 0.717) is 34.1 Å². The van der Waals surface area contributed by atoms with E-state index in [0.717, 1.165) is 5.56 Å². The second kappa shape index (κ2) is 7.99. The molecule has 6 heteroatoms. The Hall–Kier alpha value is -2.04. The second-order valence-electron chi connectivity index (χ2n) is 4.95. The van der Waals surface area contributed by atoms with Crippen molar-refractivity contribution in [3.63, 3.8) is 0 Å². The van der Waals surface area contributed by atoms with Crippen molar-refractivity contribution < 1.29 is 9.59 Å². The molecule has 0 saturated heterocycles. The van der Waals surface area contributed by atoms with Crippen molar-refractivity contribution >= 4 is 40.7 Å². The summed E-state index contributed by atoms with van der Waals surface area (Å²) in [5, 5.41) is 6.31. The van der Waals surface area contributed by atoms with Gasteiger partial charge in [0.25, 0.3) is 5.91 Å². The van der Waals surface area contributed by atoms with Crippen molar-refractivity contribution in [3.05, 3.63) is 63.6 Å². The molecule has 0 radical (unpaired) electrons. The predicted octanol–water partition coefficient (Wildman–Crippen LogP) is 3.92. The number of hydrogen-bond donors (Lipinski definition) is 2. The Bertz CT molecular complexity index is 715. The van der Waals surface area contributed by atoms with Crippen LogP contribution in [0, 0.1) is 0 Å². The van der Waals surface area contributed by atoms with Crippen LogP contribution in [0.15, 0.2) is 42.5 Å². The lowest BCUT2D eigenvalue weighted by molar-refractivity contribution is -0.116. The number of rotatable bonds is 5. The van der Waals surface area contributed by atoms with Crippen LogP contribution < -0.4 is 10.6 Å². The first-order valence-electron chi connectivity index (χ1n) is 7.05. The molecule has 23 heavy (non-hydrogen) atoms. The molecular formula is C17H16Cl2N2O2. The van der Waals surface area contributed by atoms with Gasteiger partial charge >= 0.3 is 0 Å². The highest BCUT2D eigenvalue weighted by Crippen LogP contribution is 2.23. The average molecular weight is 351 g/mol. The van der Waals surface area contributed by atoms with Crippen LogP contribution in [0.1, 0.15) is 22.3 Å². The summed E-state index contributed by atoms with van der Waals surface area (Å²) >= 11 is 11.9. The van der Waals surface area contributed by atoms with Crippen LogP contribution in [0.2, 0.25) is 10.0 Å². The number of benzene rings is 2. The molecule has 0 aliphatic rings. The van der Waals surface area contributed by atoms with Gasteiger partial charge in [0.05, 0.1) is 10.7 Å². The third-order valence-electron chi connectivity index (χ3n) is 3.28. The maximum Gasteiger partial charge on any atom is 0.251 e. The minimum absolute atomic E-state index is 0.170.